The largest absolute Gasteiger partial charge is 0.322 e. The molecule has 1 amide bonds. The molecule has 0 unspecified atom stereocenters. The third-order valence-corrected chi connectivity index (χ3v) is 6.97. The summed E-state index contributed by atoms with van der Waals surface area (Å²) in [6, 6.07) is 26.1. The standard InChI is InChI=1S/C27H25N3OS/c1-19-8-12-22(18-24(19)26-15-11-20-6-2-3-7-25(20)29-26)28-27(31)21-9-13-23(14-10-21)30-16-4-5-17-32-30/h2-3,6-15,18H,4-5,16-17H2,1H3,(H,28,31). The van der Waals surface area contributed by atoms with Crippen molar-refractivity contribution in [1.29, 1.82) is 0 Å². The fourth-order valence-electron chi connectivity index (χ4n) is 3.97. The van der Waals surface area contributed by atoms with Crippen LogP contribution >= 0.6 is 11.9 Å². The number of fused-ring (bicyclic) bond motifs is 1. The molecule has 5 heteroatoms. The maximum atomic E-state index is 12.9. The minimum Gasteiger partial charge on any atom is -0.322 e. The lowest BCUT2D eigenvalue weighted by Crippen LogP contribution is -2.21. The summed E-state index contributed by atoms with van der Waals surface area (Å²) in [6.07, 6.45) is 2.49. The van der Waals surface area contributed by atoms with Gasteiger partial charge in [-0.15, -0.1) is 0 Å². The average molecular weight is 440 g/mol. The van der Waals surface area contributed by atoms with E-state index in [2.05, 4.69) is 28.7 Å². The van der Waals surface area contributed by atoms with Crippen LogP contribution in [0.1, 0.15) is 28.8 Å². The molecule has 1 fully saturated rings. The first-order valence-corrected chi connectivity index (χ1v) is 11.9. The van der Waals surface area contributed by atoms with Crippen molar-refractivity contribution in [2.24, 2.45) is 0 Å². The molecule has 1 aliphatic rings. The molecule has 2 heterocycles. The van der Waals surface area contributed by atoms with E-state index in [-0.39, 0.29) is 5.91 Å². The molecule has 1 saturated heterocycles. The highest BCUT2D eigenvalue weighted by atomic mass is 32.2. The highest BCUT2D eigenvalue weighted by Gasteiger charge is 2.14. The highest BCUT2D eigenvalue weighted by molar-refractivity contribution is 8.00. The zero-order valence-corrected chi connectivity index (χ0v) is 18.9. The SMILES string of the molecule is Cc1ccc(NC(=O)c2ccc(N3CCCCS3)cc2)cc1-c1ccc2ccccc2n1. The van der Waals surface area contributed by atoms with Crippen molar-refractivity contribution in [2.75, 3.05) is 21.9 Å². The van der Waals surface area contributed by atoms with E-state index in [0.717, 1.165) is 51.4 Å². The van der Waals surface area contributed by atoms with Crippen molar-refractivity contribution >= 4 is 40.1 Å². The summed E-state index contributed by atoms with van der Waals surface area (Å²) >= 11 is 1.86. The van der Waals surface area contributed by atoms with Gasteiger partial charge in [-0.3, -0.25) is 4.79 Å². The minimum atomic E-state index is -0.107. The molecule has 0 aliphatic carbocycles. The van der Waals surface area contributed by atoms with Gasteiger partial charge in [0, 0.05) is 40.2 Å². The Balaban J connectivity index is 1.35. The number of hydrogen-bond acceptors (Lipinski definition) is 4. The number of aromatic nitrogens is 1. The Morgan fingerprint density at radius 1 is 0.969 bits per heavy atom. The molecule has 160 valence electrons. The highest BCUT2D eigenvalue weighted by Crippen LogP contribution is 2.29. The van der Waals surface area contributed by atoms with Crippen molar-refractivity contribution in [1.82, 2.24) is 4.98 Å². The Morgan fingerprint density at radius 2 is 1.81 bits per heavy atom. The molecular weight excluding hydrogens is 414 g/mol. The van der Waals surface area contributed by atoms with Crippen LogP contribution in [-0.2, 0) is 0 Å². The summed E-state index contributed by atoms with van der Waals surface area (Å²) in [5.74, 6) is 1.05. The van der Waals surface area contributed by atoms with Gasteiger partial charge < -0.3 is 9.62 Å². The second-order valence-electron chi connectivity index (χ2n) is 8.06. The van der Waals surface area contributed by atoms with E-state index in [0.29, 0.717) is 5.56 Å². The molecular formula is C27H25N3OS. The average Bonchev–Trinajstić information content (AvgIpc) is 2.85. The zero-order valence-electron chi connectivity index (χ0n) is 18.0. The van der Waals surface area contributed by atoms with Gasteiger partial charge in [0.15, 0.2) is 0 Å². The molecule has 3 aromatic carbocycles. The third-order valence-electron chi connectivity index (χ3n) is 5.79. The molecule has 4 nitrogen and oxygen atoms in total. The number of pyridine rings is 1. The fourth-order valence-corrected chi connectivity index (χ4v) is 5.06. The Morgan fingerprint density at radius 3 is 2.62 bits per heavy atom. The molecule has 0 spiro atoms. The van der Waals surface area contributed by atoms with E-state index in [1.54, 1.807) is 0 Å². The first-order chi connectivity index (χ1) is 15.7. The van der Waals surface area contributed by atoms with Gasteiger partial charge >= 0.3 is 0 Å². The Hall–Kier alpha value is -3.31. The predicted molar refractivity (Wildman–Crippen MR) is 135 cm³/mol. The molecule has 0 atom stereocenters. The van der Waals surface area contributed by atoms with Gasteiger partial charge in [-0.25, -0.2) is 4.98 Å². The third kappa shape index (κ3) is 4.34. The zero-order chi connectivity index (χ0) is 21.9. The molecule has 1 aromatic heterocycles. The van der Waals surface area contributed by atoms with Crippen molar-refractivity contribution in [3.05, 3.63) is 90.0 Å². The number of aryl methyl sites for hydroxylation is 1. The van der Waals surface area contributed by atoms with Gasteiger partial charge in [0.25, 0.3) is 5.91 Å². The predicted octanol–water partition coefficient (Wildman–Crippen LogP) is 6.71. The molecule has 0 radical (unpaired) electrons. The van der Waals surface area contributed by atoms with E-state index in [4.69, 9.17) is 4.98 Å². The monoisotopic (exact) mass is 439 g/mol. The first kappa shape index (κ1) is 20.6. The summed E-state index contributed by atoms with van der Waals surface area (Å²) in [5, 5.41) is 4.16. The second-order valence-corrected chi connectivity index (χ2v) is 9.17. The summed E-state index contributed by atoms with van der Waals surface area (Å²) in [7, 11) is 0. The van der Waals surface area contributed by atoms with Crippen molar-refractivity contribution < 1.29 is 4.79 Å². The van der Waals surface area contributed by atoms with E-state index in [9.17, 15) is 4.79 Å². The van der Waals surface area contributed by atoms with Crippen molar-refractivity contribution in [3.8, 4) is 11.3 Å². The lowest BCUT2D eigenvalue weighted by atomic mass is 10.0. The van der Waals surface area contributed by atoms with Crippen molar-refractivity contribution in [2.45, 2.75) is 19.8 Å². The molecule has 1 N–H and O–H groups in total. The van der Waals surface area contributed by atoms with Gasteiger partial charge in [-0.1, -0.05) is 30.3 Å². The molecule has 0 bridgehead atoms. The number of carbonyl (C=O) groups excluding carboxylic acids is 1. The number of nitrogens with one attached hydrogen (secondary N) is 1. The summed E-state index contributed by atoms with van der Waals surface area (Å²) in [6.45, 7) is 3.13. The summed E-state index contributed by atoms with van der Waals surface area (Å²) < 4.78 is 2.31. The topological polar surface area (TPSA) is 45.2 Å². The van der Waals surface area contributed by atoms with Gasteiger partial charge in [-0.2, -0.15) is 0 Å². The number of anilines is 2. The van der Waals surface area contributed by atoms with E-state index < -0.39 is 0 Å². The van der Waals surface area contributed by atoms with Gasteiger partial charge in [0.1, 0.15) is 0 Å². The lowest BCUT2D eigenvalue weighted by molar-refractivity contribution is 0.102. The molecule has 5 rings (SSSR count). The normalized spacial score (nSPS) is 13.8. The Labute approximate surface area is 192 Å². The number of para-hydroxylation sites is 1. The van der Waals surface area contributed by atoms with Crippen LogP contribution in [0, 0.1) is 6.92 Å². The number of benzene rings is 3. The van der Waals surface area contributed by atoms with Crippen LogP contribution in [0.4, 0.5) is 11.4 Å². The Kier molecular flexibility index (Phi) is 5.82. The molecule has 0 saturated carbocycles. The number of hydrogen-bond donors (Lipinski definition) is 1. The molecule has 1 aliphatic heterocycles. The van der Waals surface area contributed by atoms with Crippen LogP contribution < -0.4 is 9.62 Å². The van der Waals surface area contributed by atoms with Gasteiger partial charge in [-0.05, 0) is 85.8 Å². The second kappa shape index (κ2) is 9.05. The molecule has 4 aromatic rings. The lowest BCUT2D eigenvalue weighted by Gasteiger charge is -2.27. The van der Waals surface area contributed by atoms with Crippen LogP contribution in [0.5, 0.6) is 0 Å². The summed E-state index contributed by atoms with van der Waals surface area (Å²) in [4.78, 5) is 17.7. The minimum absolute atomic E-state index is 0.107. The smallest absolute Gasteiger partial charge is 0.255 e. The number of rotatable bonds is 4. The van der Waals surface area contributed by atoms with Crippen LogP contribution in [0.25, 0.3) is 22.2 Å². The van der Waals surface area contributed by atoms with Gasteiger partial charge in [0.2, 0.25) is 0 Å². The van der Waals surface area contributed by atoms with Crippen LogP contribution in [0.2, 0.25) is 0 Å². The quantitative estimate of drug-likeness (QED) is 0.359. The van der Waals surface area contributed by atoms with E-state index in [1.807, 2.05) is 78.7 Å². The van der Waals surface area contributed by atoms with Crippen LogP contribution in [-0.4, -0.2) is 23.2 Å². The fraction of sp³-hybridized carbons (Fsp3) is 0.185. The van der Waals surface area contributed by atoms with E-state index in [1.165, 1.54) is 12.8 Å². The van der Waals surface area contributed by atoms with Crippen molar-refractivity contribution in [3.63, 3.8) is 0 Å². The maximum Gasteiger partial charge on any atom is 0.255 e. The maximum absolute atomic E-state index is 12.9. The Bertz CT molecular complexity index is 1260. The number of carbonyl (C=O) groups is 1. The molecule has 32 heavy (non-hydrogen) atoms. The number of nitrogens with zero attached hydrogens (tertiary/aromatic N) is 2. The van der Waals surface area contributed by atoms with E-state index >= 15 is 0 Å². The van der Waals surface area contributed by atoms with Gasteiger partial charge in [0.05, 0.1) is 11.2 Å². The first-order valence-electron chi connectivity index (χ1n) is 11.0. The summed E-state index contributed by atoms with van der Waals surface area (Å²) in [5.41, 5.74) is 6.58. The van der Waals surface area contributed by atoms with Crippen LogP contribution in [0.3, 0.4) is 0 Å². The van der Waals surface area contributed by atoms with Crippen LogP contribution in [0.15, 0.2) is 78.9 Å². The number of amides is 1.